The molecular formula is C12H8N2O3. The van der Waals surface area contributed by atoms with E-state index in [-0.39, 0.29) is 16.9 Å². The van der Waals surface area contributed by atoms with Gasteiger partial charge in [-0.25, -0.2) is 0 Å². The lowest BCUT2D eigenvalue weighted by Crippen LogP contribution is -2.18. The highest BCUT2D eigenvalue weighted by atomic mass is 16.3. The molecule has 0 bridgehead atoms. The first-order valence-corrected chi connectivity index (χ1v) is 5.03. The van der Waals surface area contributed by atoms with Gasteiger partial charge >= 0.3 is 0 Å². The minimum absolute atomic E-state index is 0.0599. The zero-order chi connectivity index (χ0) is 12.0. The molecule has 1 aromatic heterocycles. The summed E-state index contributed by atoms with van der Waals surface area (Å²) in [7, 11) is 0. The number of aromatic hydroxyl groups is 1. The predicted molar refractivity (Wildman–Crippen MR) is 64.4 cm³/mol. The van der Waals surface area contributed by atoms with Crippen LogP contribution in [0.4, 0.5) is 0 Å². The number of aromatic nitrogens is 2. The van der Waals surface area contributed by atoms with E-state index in [1.165, 1.54) is 12.1 Å². The van der Waals surface area contributed by atoms with Crippen molar-refractivity contribution in [3.05, 3.63) is 51.0 Å². The van der Waals surface area contributed by atoms with Gasteiger partial charge < -0.3 is 5.11 Å². The normalized spacial score (nSPS) is 11.1. The van der Waals surface area contributed by atoms with Crippen LogP contribution < -0.4 is 11.1 Å². The molecule has 3 N–H and O–H groups in total. The number of hydrogen-bond donors (Lipinski definition) is 3. The number of benzene rings is 2. The third-order valence-electron chi connectivity index (χ3n) is 2.77. The summed E-state index contributed by atoms with van der Waals surface area (Å²) < 4.78 is 0. The highest BCUT2D eigenvalue weighted by Crippen LogP contribution is 2.24. The van der Waals surface area contributed by atoms with Crippen LogP contribution in [0.3, 0.4) is 0 Å². The van der Waals surface area contributed by atoms with Crippen LogP contribution in [0.25, 0.3) is 21.5 Å². The molecule has 0 amide bonds. The Morgan fingerprint density at radius 3 is 2.41 bits per heavy atom. The van der Waals surface area contributed by atoms with Crippen LogP contribution in [0.5, 0.6) is 5.75 Å². The summed E-state index contributed by atoms with van der Waals surface area (Å²) in [6.07, 6.45) is 0. The van der Waals surface area contributed by atoms with Crippen molar-refractivity contribution in [2.45, 2.75) is 0 Å². The quantitative estimate of drug-likeness (QED) is 0.503. The maximum Gasteiger partial charge on any atom is 0.271 e. The van der Waals surface area contributed by atoms with Crippen molar-refractivity contribution in [2.24, 2.45) is 0 Å². The molecule has 5 nitrogen and oxygen atoms in total. The highest BCUT2D eigenvalue weighted by molar-refractivity contribution is 6.06. The SMILES string of the molecule is O=c1[nH][nH]c(=O)c2c1ccc1ccc(O)cc12. The zero-order valence-corrected chi connectivity index (χ0v) is 8.65. The van der Waals surface area contributed by atoms with Crippen LogP contribution in [-0.4, -0.2) is 15.3 Å². The molecule has 84 valence electrons. The molecule has 1 heterocycles. The summed E-state index contributed by atoms with van der Waals surface area (Å²) in [5.41, 5.74) is -0.736. The Morgan fingerprint density at radius 2 is 1.59 bits per heavy atom. The van der Waals surface area contributed by atoms with Gasteiger partial charge in [0, 0.05) is 0 Å². The van der Waals surface area contributed by atoms with Crippen molar-refractivity contribution in [1.82, 2.24) is 10.2 Å². The molecule has 3 aromatic rings. The van der Waals surface area contributed by atoms with Crippen molar-refractivity contribution >= 4 is 21.5 Å². The van der Waals surface area contributed by atoms with Gasteiger partial charge in [0.1, 0.15) is 5.75 Å². The number of phenols is 1. The second kappa shape index (κ2) is 3.21. The number of aromatic amines is 2. The van der Waals surface area contributed by atoms with E-state index in [1.54, 1.807) is 18.2 Å². The molecule has 0 aliphatic rings. The van der Waals surface area contributed by atoms with E-state index in [4.69, 9.17) is 0 Å². The second-order valence-electron chi connectivity index (χ2n) is 3.80. The van der Waals surface area contributed by atoms with Crippen LogP contribution in [0, 0.1) is 0 Å². The number of H-pyrrole nitrogens is 2. The van der Waals surface area contributed by atoms with Crippen molar-refractivity contribution in [3.8, 4) is 5.75 Å². The monoisotopic (exact) mass is 228 g/mol. The Labute approximate surface area is 94.3 Å². The standard InChI is InChI=1S/C12H8N2O3/c15-7-3-1-6-2-4-8-10(9(6)5-7)12(17)14-13-11(8)16/h1-5,15H,(H,13,16)(H,14,17). The van der Waals surface area contributed by atoms with Gasteiger partial charge in [0.25, 0.3) is 11.1 Å². The van der Waals surface area contributed by atoms with Crippen LogP contribution in [-0.2, 0) is 0 Å². The van der Waals surface area contributed by atoms with Gasteiger partial charge in [-0.2, -0.15) is 0 Å². The van der Waals surface area contributed by atoms with Gasteiger partial charge in [-0.15, -0.1) is 0 Å². The van der Waals surface area contributed by atoms with Crippen LogP contribution >= 0.6 is 0 Å². The van der Waals surface area contributed by atoms with Crippen molar-refractivity contribution in [1.29, 1.82) is 0 Å². The van der Waals surface area contributed by atoms with E-state index in [2.05, 4.69) is 10.2 Å². The highest BCUT2D eigenvalue weighted by Gasteiger charge is 2.07. The minimum Gasteiger partial charge on any atom is -0.508 e. The average Bonchev–Trinajstić information content (AvgIpc) is 2.33. The Bertz CT molecular complexity index is 846. The summed E-state index contributed by atoms with van der Waals surface area (Å²) in [5.74, 6) is 0.0599. The fourth-order valence-electron chi connectivity index (χ4n) is 1.98. The molecule has 0 radical (unpaired) electrons. The number of rotatable bonds is 0. The summed E-state index contributed by atoms with van der Waals surface area (Å²) in [5, 5.41) is 16.0. The third kappa shape index (κ3) is 1.32. The number of hydrogen-bond acceptors (Lipinski definition) is 3. The van der Waals surface area contributed by atoms with E-state index >= 15 is 0 Å². The molecule has 0 spiro atoms. The fourth-order valence-corrected chi connectivity index (χ4v) is 1.98. The first-order valence-electron chi connectivity index (χ1n) is 5.03. The van der Waals surface area contributed by atoms with Crippen molar-refractivity contribution in [3.63, 3.8) is 0 Å². The largest absolute Gasteiger partial charge is 0.508 e. The number of phenolic OH excluding ortho intramolecular Hbond substituents is 1. The smallest absolute Gasteiger partial charge is 0.271 e. The molecule has 2 aromatic carbocycles. The summed E-state index contributed by atoms with van der Waals surface area (Å²) in [6.45, 7) is 0. The molecule has 0 aliphatic heterocycles. The molecule has 0 saturated heterocycles. The zero-order valence-electron chi connectivity index (χ0n) is 8.65. The lowest BCUT2D eigenvalue weighted by molar-refractivity contribution is 0.476. The number of fused-ring (bicyclic) bond motifs is 3. The lowest BCUT2D eigenvalue weighted by atomic mass is 10.0. The van der Waals surface area contributed by atoms with Gasteiger partial charge in [0.05, 0.1) is 10.8 Å². The van der Waals surface area contributed by atoms with E-state index < -0.39 is 0 Å². The molecule has 17 heavy (non-hydrogen) atoms. The summed E-state index contributed by atoms with van der Waals surface area (Å²) in [6, 6.07) is 8.06. The van der Waals surface area contributed by atoms with Gasteiger partial charge in [-0.05, 0) is 29.0 Å². The average molecular weight is 228 g/mol. The van der Waals surface area contributed by atoms with E-state index in [0.29, 0.717) is 16.2 Å². The van der Waals surface area contributed by atoms with Crippen molar-refractivity contribution in [2.75, 3.05) is 0 Å². The summed E-state index contributed by atoms with van der Waals surface area (Å²) >= 11 is 0. The van der Waals surface area contributed by atoms with Crippen LogP contribution in [0.1, 0.15) is 0 Å². The maximum absolute atomic E-state index is 11.7. The van der Waals surface area contributed by atoms with Crippen molar-refractivity contribution < 1.29 is 5.11 Å². The topological polar surface area (TPSA) is 86.0 Å². The van der Waals surface area contributed by atoms with Gasteiger partial charge in [0.15, 0.2) is 0 Å². The Morgan fingerprint density at radius 1 is 0.882 bits per heavy atom. The molecule has 5 heteroatoms. The third-order valence-corrected chi connectivity index (χ3v) is 2.77. The molecule has 0 unspecified atom stereocenters. The molecular weight excluding hydrogens is 220 g/mol. The Balaban J connectivity index is 2.72. The lowest BCUT2D eigenvalue weighted by Gasteiger charge is -2.02. The van der Waals surface area contributed by atoms with Gasteiger partial charge in [-0.1, -0.05) is 12.1 Å². The molecule has 0 fully saturated rings. The second-order valence-corrected chi connectivity index (χ2v) is 3.80. The Hall–Kier alpha value is -2.56. The molecule has 0 aliphatic carbocycles. The Kier molecular flexibility index (Phi) is 1.82. The summed E-state index contributed by atoms with van der Waals surface area (Å²) in [4.78, 5) is 23.3. The molecule has 0 atom stereocenters. The van der Waals surface area contributed by atoms with Gasteiger partial charge in [0.2, 0.25) is 0 Å². The first kappa shape index (κ1) is 9.65. The minimum atomic E-state index is -0.379. The van der Waals surface area contributed by atoms with E-state index in [9.17, 15) is 14.7 Å². The van der Waals surface area contributed by atoms with E-state index in [0.717, 1.165) is 5.39 Å². The van der Waals surface area contributed by atoms with Crippen LogP contribution in [0.15, 0.2) is 39.9 Å². The first-order chi connectivity index (χ1) is 8.16. The molecule has 3 rings (SSSR count). The predicted octanol–water partition coefficient (Wildman–Crippen LogP) is 1.08. The number of nitrogens with one attached hydrogen (secondary N) is 2. The van der Waals surface area contributed by atoms with E-state index in [1.807, 2.05) is 0 Å². The fraction of sp³-hybridized carbons (Fsp3) is 0. The molecule has 0 saturated carbocycles. The maximum atomic E-state index is 11.7. The van der Waals surface area contributed by atoms with Gasteiger partial charge in [-0.3, -0.25) is 19.8 Å². The van der Waals surface area contributed by atoms with Crippen LogP contribution in [0.2, 0.25) is 0 Å².